The van der Waals surface area contributed by atoms with Gasteiger partial charge in [-0.3, -0.25) is 14.4 Å². The molecule has 0 spiro atoms. The highest BCUT2D eigenvalue weighted by Gasteiger charge is 2.57. The maximum Gasteiger partial charge on any atom is 0.254 e. The summed E-state index contributed by atoms with van der Waals surface area (Å²) in [5.74, 6) is -0.156. The molecule has 6 heteroatoms. The van der Waals surface area contributed by atoms with Gasteiger partial charge in [-0.1, -0.05) is 32.9 Å². The molecule has 2 aromatic rings. The summed E-state index contributed by atoms with van der Waals surface area (Å²) in [4.78, 5) is 39.9. The molecule has 0 unspecified atom stereocenters. The van der Waals surface area contributed by atoms with E-state index in [0.717, 1.165) is 12.0 Å². The summed E-state index contributed by atoms with van der Waals surface area (Å²) in [7, 11) is 0. The smallest absolute Gasteiger partial charge is 0.254 e. The number of likely N-dealkylation sites (tertiary alicyclic amines) is 1. The summed E-state index contributed by atoms with van der Waals surface area (Å²) in [6, 6.07) is 10.7. The number of carbonyl (C=O) groups excluding carboxylic acids is 3. The number of fused-ring (bicyclic) bond motifs is 5. The van der Waals surface area contributed by atoms with Crippen LogP contribution in [0.3, 0.4) is 0 Å². The normalized spacial score (nSPS) is 26.0. The Bertz CT molecular complexity index is 1170. The third-order valence-electron chi connectivity index (χ3n) is 8.32. The number of piperidine rings is 1. The van der Waals surface area contributed by atoms with Crippen molar-refractivity contribution in [2.24, 2.45) is 5.41 Å². The van der Waals surface area contributed by atoms with Gasteiger partial charge in [-0.05, 0) is 59.2 Å². The summed E-state index contributed by atoms with van der Waals surface area (Å²) < 4.78 is 0. The van der Waals surface area contributed by atoms with Gasteiger partial charge in [0.2, 0.25) is 0 Å². The molecule has 1 saturated heterocycles. The zero-order chi connectivity index (χ0) is 22.8. The van der Waals surface area contributed by atoms with E-state index in [-0.39, 0.29) is 53.2 Å². The molecule has 2 bridgehead atoms. The first kappa shape index (κ1) is 20.7. The van der Waals surface area contributed by atoms with Crippen molar-refractivity contribution in [1.29, 1.82) is 0 Å². The van der Waals surface area contributed by atoms with Gasteiger partial charge >= 0.3 is 0 Å². The number of phenols is 1. The van der Waals surface area contributed by atoms with Crippen LogP contribution < -0.4 is 5.32 Å². The van der Waals surface area contributed by atoms with Crippen molar-refractivity contribution in [2.45, 2.75) is 51.5 Å². The van der Waals surface area contributed by atoms with E-state index in [0.29, 0.717) is 29.7 Å². The van der Waals surface area contributed by atoms with E-state index in [4.69, 9.17) is 0 Å². The lowest BCUT2D eigenvalue weighted by atomic mass is 9.51. The number of nitrogens with one attached hydrogen (secondary N) is 1. The summed E-state index contributed by atoms with van der Waals surface area (Å²) in [6.07, 6.45) is 1.54. The van der Waals surface area contributed by atoms with Crippen molar-refractivity contribution in [3.05, 3.63) is 64.2 Å². The lowest BCUT2D eigenvalue weighted by Crippen LogP contribution is -2.64. The van der Waals surface area contributed by atoms with E-state index in [2.05, 4.69) is 32.2 Å². The van der Waals surface area contributed by atoms with E-state index in [9.17, 15) is 19.5 Å². The first-order valence-corrected chi connectivity index (χ1v) is 11.2. The first-order chi connectivity index (χ1) is 15.1. The molecule has 5 rings (SSSR count). The number of carbonyl (C=O) groups is 3. The molecule has 32 heavy (non-hydrogen) atoms. The summed E-state index contributed by atoms with van der Waals surface area (Å²) in [6.45, 7) is 7.30. The van der Waals surface area contributed by atoms with Gasteiger partial charge in [0, 0.05) is 35.5 Å². The summed E-state index contributed by atoms with van der Waals surface area (Å²) in [5, 5.41) is 13.2. The van der Waals surface area contributed by atoms with Crippen LogP contribution in [0.1, 0.15) is 64.6 Å². The van der Waals surface area contributed by atoms with E-state index < -0.39 is 0 Å². The lowest BCUT2D eigenvalue weighted by Gasteiger charge is -2.60. The Kier molecular flexibility index (Phi) is 4.49. The number of Topliss-reactive ketones (excluding diaryl/α,β-unsaturated/α-hetero) is 1. The van der Waals surface area contributed by atoms with Crippen LogP contribution in [0.4, 0.5) is 0 Å². The molecule has 2 amide bonds. The fourth-order valence-corrected chi connectivity index (χ4v) is 5.98. The fourth-order valence-electron chi connectivity index (χ4n) is 5.98. The topological polar surface area (TPSA) is 86.7 Å². The molecule has 3 aliphatic rings. The van der Waals surface area contributed by atoms with E-state index in [1.807, 2.05) is 11.0 Å². The second-order valence-electron chi connectivity index (χ2n) is 10.1. The van der Waals surface area contributed by atoms with Crippen LogP contribution in [0.2, 0.25) is 0 Å². The number of amides is 2. The van der Waals surface area contributed by atoms with E-state index in [1.54, 1.807) is 24.3 Å². The SMILES string of the molecule is CC1(C)[C@@H]2Cc3c(O)cccc3[C@]1(C)CCN2C(=O)c1ccc2c(c1)CC(=O)CNC2=O. The molecule has 2 aromatic carbocycles. The first-order valence-electron chi connectivity index (χ1n) is 11.2. The molecule has 0 saturated carbocycles. The molecule has 2 heterocycles. The molecular formula is C26H28N2O4. The molecule has 1 aliphatic carbocycles. The van der Waals surface area contributed by atoms with Crippen molar-refractivity contribution in [3.63, 3.8) is 0 Å². The van der Waals surface area contributed by atoms with Gasteiger partial charge in [-0.2, -0.15) is 0 Å². The van der Waals surface area contributed by atoms with Gasteiger partial charge in [0.15, 0.2) is 5.78 Å². The zero-order valence-corrected chi connectivity index (χ0v) is 18.7. The van der Waals surface area contributed by atoms with Gasteiger partial charge in [0.05, 0.1) is 6.54 Å². The molecule has 6 nitrogen and oxygen atoms in total. The Morgan fingerprint density at radius 2 is 1.94 bits per heavy atom. The highest BCUT2D eigenvalue weighted by atomic mass is 16.3. The average molecular weight is 433 g/mol. The number of rotatable bonds is 1. The Balaban J connectivity index is 1.53. The molecule has 166 valence electrons. The van der Waals surface area contributed by atoms with Crippen LogP contribution in [-0.2, 0) is 23.1 Å². The number of hydrogen-bond acceptors (Lipinski definition) is 4. The Morgan fingerprint density at radius 3 is 2.72 bits per heavy atom. The monoisotopic (exact) mass is 432 g/mol. The minimum Gasteiger partial charge on any atom is -0.508 e. The largest absolute Gasteiger partial charge is 0.508 e. The molecule has 2 N–H and O–H groups in total. The van der Waals surface area contributed by atoms with Crippen LogP contribution in [0.15, 0.2) is 36.4 Å². The number of hydrogen-bond donors (Lipinski definition) is 2. The maximum absolute atomic E-state index is 13.7. The Morgan fingerprint density at radius 1 is 1.16 bits per heavy atom. The van der Waals surface area contributed by atoms with Crippen LogP contribution in [0.5, 0.6) is 5.75 Å². The van der Waals surface area contributed by atoms with Crippen molar-refractivity contribution in [2.75, 3.05) is 13.1 Å². The number of ketones is 1. The van der Waals surface area contributed by atoms with Crippen LogP contribution in [0, 0.1) is 5.41 Å². The van der Waals surface area contributed by atoms with Crippen molar-refractivity contribution in [1.82, 2.24) is 10.2 Å². The second kappa shape index (κ2) is 6.92. The molecule has 2 aliphatic heterocycles. The summed E-state index contributed by atoms with van der Waals surface area (Å²) in [5.41, 5.74) is 3.32. The highest BCUT2D eigenvalue weighted by molar-refractivity contribution is 6.03. The van der Waals surface area contributed by atoms with Crippen LogP contribution in [0.25, 0.3) is 0 Å². The number of benzene rings is 2. The third-order valence-corrected chi connectivity index (χ3v) is 8.32. The van der Waals surface area contributed by atoms with Crippen molar-refractivity contribution in [3.8, 4) is 5.75 Å². The molecule has 1 fully saturated rings. The summed E-state index contributed by atoms with van der Waals surface area (Å²) >= 11 is 0. The molecule has 2 atom stereocenters. The lowest BCUT2D eigenvalue weighted by molar-refractivity contribution is -0.117. The minimum atomic E-state index is -0.279. The van der Waals surface area contributed by atoms with Crippen LogP contribution >= 0.6 is 0 Å². The van der Waals surface area contributed by atoms with Crippen LogP contribution in [-0.4, -0.2) is 46.7 Å². The second-order valence-corrected chi connectivity index (χ2v) is 10.1. The number of nitrogens with zero attached hydrogens (tertiary/aromatic N) is 1. The maximum atomic E-state index is 13.7. The number of phenolic OH excluding ortho intramolecular Hbond substituents is 1. The van der Waals surface area contributed by atoms with Crippen molar-refractivity contribution < 1.29 is 19.5 Å². The van der Waals surface area contributed by atoms with Gasteiger partial charge < -0.3 is 15.3 Å². The Hall–Kier alpha value is -3.15. The van der Waals surface area contributed by atoms with Gasteiger partial charge in [0.1, 0.15) is 5.75 Å². The Labute approximate surface area is 187 Å². The molecular weight excluding hydrogens is 404 g/mol. The quantitative estimate of drug-likeness (QED) is 0.725. The highest BCUT2D eigenvalue weighted by Crippen LogP contribution is 2.57. The third kappa shape index (κ3) is 2.81. The predicted molar refractivity (Wildman–Crippen MR) is 120 cm³/mol. The molecule has 0 radical (unpaired) electrons. The number of aromatic hydroxyl groups is 1. The van der Waals surface area contributed by atoms with Gasteiger partial charge in [-0.15, -0.1) is 0 Å². The predicted octanol–water partition coefficient (Wildman–Crippen LogP) is 3.00. The fraction of sp³-hybridized carbons (Fsp3) is 0.423. The minimum absolute atomic E-state index is 0.0145. The average Bonchev–Trinajstić information content (AvgIpc) is 2.88. The van der Waals surface area contributed by atoms with Gasteiger partial charge in [-0.25, -0.2) is 0 Å². The van der Waals surface area contributed by atoms with E-state index in [1.165, 1.54) is 5.56 Å². The van der Waals surface area contributed by atoms with E-state index >= 15 is 0 Å². The van der Waals surface area contributed by atoms with Crippen molar-refractivity contribution >= 4 is 17.6 Å². The zero-order valence-electron chi connectivity index (χ0n) is 18.7. The standard InChI is InChI=1S/C26H28N2O4/c1-25(2)22-13-19-20(5-4-6-21(19)30)26(25,3)9-10-28(22)24(32)15-7-8-18-16(11-15)12-17(29)14-27-23(18)31/h4-8,11,22,30H,9-10,12-14H2,1-3H3,(H,27,31)/t22-,26-/m0/s1. The molecule has 0 aromatic heterocycles. The van der Waals surface area contributed by atoms with Gasteiger partial charge in [0.25, 0.3) is 11.8 Å².